The highest BCUT2D eigenvalue weighted by molar-refractivity contribution is 7.21. The molecule has 0 amide bonds. The molecule has 6 aromatic carbocycles. The van der Waals surface area contributed by atoms with Crippen LogP contribution < -0.4 is 0 Å². The molecule has 9 aromatic rings. The molecular weight excluding hydrogens is 601 g/mol. The standard InChI is InChI=1S/C40H22N4O2S/c41-23-24-9-18-34-37(19-24)47-40(44-34)31-21-29(25-10-14-27(15-11-25)38-42-32-5-1-3-7-35(32)45-38)20-30(22-31)26-12-16-28(17-13-26)39-43-33-6-2-4-8-36(33)46-39/h1-22H. The van der Waals surface area contributed by atoms with E-state index in [2.05, 4.69) is 58.5 Å². The van der Waals surface area contributed by atoms with Crippen molar-refractivity contribution >= 4 is 43.8 Å². The third kappa shape index (κ3) is 4.94. The monoisotopic (exact) mass is 622 g/mol. The van der Waals surface area contributed by atoms with Crippen molar-refractivity contribution in [2.45, 2.75) is 0 Å². The number of fused-ring (bicyclic) bond motifs is 3. The SMILES string of the molecule is N#Cc1ccc2nc(-c3cc(-c4ccc(-c5nc6ccccc6o5)cc4)cc(-c4ccc(-c5nc6ccccc6o5)cc4)c3)sc2c1. The van der Waals surface area contributed by atoms with Crippen molar-refractivity contribution < 1.29 is 8.83 Å². The topological polar surface area (TPSA) is 88.7 Å². The maximum atomic E-state index is 9.42. The Hall–Kier alpha value is -6.36. The third-order valence-electron chi connectivity index (χ3n) is 8.22. The van der Waals surface area contributed by atoms with Crippen LogP contribution in [0.5, 0.6) is 0 Å². The largest absolute Gasteiger partial charge is 0.436 e. The van der Waals surface area contributed by atoms with Crippen LogP contribution in [0.1, 0.15) is 5.56 Å². The first kappa shape index (κ1) is 27.0. The fourth-order valence-corrected chi connectivity index (χ4v) is 6.80. The van der Waals surface area contributed by atoms with E-state index in [1.165, 1.54) is 0 Å². The fraction of sp³-hybridized carbons (Fsp3) is 0. The molecule has 0 N–H and O–H groups in total. The first-order valence-corrected chi connectivity index (χ1v) is 15.9. The van der Waals surface area contributed by atoms with Gasteiger partial charge in [-0.15, -0.1) is 11.3 Å². The fourth-order valence-electron chi connectivity index (χ4n) is 5.80. The minimum atomic E-state index is 0.595. The number of para-hydroxylation sites is 4. The van der Waals surface area contributed by atoms with E-state index in [0.717, 1.165) is 76.4 Å². The molecule has 7 heteroatoms. The van der Waals surface area contributed by atoms with Gasteiger partial charge in [0.25, 0.3) is 0 Å². The summed E-state index contributed by atoms with van der Waals surface area (Å²) >= 11 is 1.59. The van der Waals surface area contributed by atoms with Crippen LogP contribution in [0.15, 0.2) is 142 Å². The maximum Gasteiger partial charge on any atom is 0.227 e. The lowest BCUT2D eigenvalue weighted by Crippen LogP contribution is -1.87. The van der Waals surface area contributed by atoms with Gasteiger partial charge in [0, 0.05) is 16.7 Å². The average molecular weight is 623 g/mol. The zero-order valence-electron chi connectivity index (χ0n) is 24.7. The number of hydrogen-bond donors (Lipinski definition) is 0. The summed E-state index contributed by atoms with van der Waals surface area (Å²) in [6.07, 6.45) is 0. The first-order chi connectivity index (χ1) is 23.2. The zero-order chi connectivity index (χ0) is 31.3. The summed E-state index contributed by atoms with van der Waals surface area (Å²) in [4.78, 5) is 14.3. The van der Waals surface area contributed by atoms with Crippen molar-refractivity contribution in [1.82, 2.24) is 15.0 Å². The third-order valence-corrected chi connectivity index (χ3v) is 9.28. The van der Waals surface area contributed by atoms with Gasteiger partial charge in [-0.3, -0.25) is 0 Å². The highest BCUT2D eigenvalue weighted by Crippen LogP contribution is 2.38. The molecule has 3 heterocycles. The van der Waals surface area contributed by atoms with Gasteiger partial charge in [0.2, 0.25) is 11.8 Å². The van der Waals surface area contributed by atoms with Crippen LogP contribution in [-0.2, 0) is 0 Å². The van der Waals surface area contributed by atoms with Gasteiger partial charge >= 0.3 is 0 Å². The van der Waals surface area contributed by atoms with E-state index in [0.29, 0.717) is 17.3 Å². The van der Waals surface area contributed by atoms with E-state index in [4.69, 9.17) is 13.8 Å². The van der Waals surface area contributed by atoms with Crippen LogP contribution in [0.25, 0.3) is 88.1 Å². The lowest BCUT2D eigenvalue weighted by Gasteiger charge is -2.10. The van der Waals surface area contributed by atoms with Crippen molar-refractivity contribution in [3.05, 3.63) is 139 Å². The molecule has 3 aromatic heterocycles. The number of nitrogens with zero attached hydrogens (tertiary/aromatic N) is 4. The van der Waals surface area contributed by atoms with Crippen molar-refractivity contribution in [1.29, 1.82) is 5.26 Å². The van der Waals surface area contributed by atoms with Crippen molar-refractivity contribution in [2.75, 3.05) is 0 Å². The Morgan fingerprint density at radius 3 is 1.51 bits per heavy atom. The normalized spacial score (nSPS) is 11.4. The van der Waals surface area contributed by atoms with E-state index in [1.807, 2.05) is 91.0 Å². The number of oxazole rings is 2. The Bertz CT molecular complexity index is 2440. The second kappa shape index (κ2) is 10.9. The van der Waals surface area contributed by atoms with Gasteiger partial charge in [-0.05, 0) is 107 Å². The van der Waals surface area contributed by atoms with E-state index >= 15 is 0 Å². The van der Waals surface area contributed by atoms with Gasteiger partial charge in [-0.1, -0.05) is 48.5 Å². The van der Waals surface area contributed by atoms with Gasteiger partial charge < -0.3 is 8.83 Å². The number of nitriles is 1. The van der Waals surface area contributed by atoms with Crippen LogP contribution >= 0.6 is 11.3 Å². The van der Waals surface area contributed by atoms with Crippen molar-refractivity contribution in [2.24, 2.45) is 0 Å². The molecule has 47 heavy (non-hydrogen) atoms. The lowest BCUT2D eigenvalue weighted by molar-refractivity contribution is 0.619. The molecule has 6 nitrogen and oxygen atoms in total. The highest BCUT2D eigenvalue weighted by atomic mass is 32.1. The Morgan fingerprint density at radius 2 is 0.979 bits per heavy atom. The zero-order valence-corrected chi connectivity index (χ0v) is 25.5. The summed E-state index contributed by atoms with van der Waals surface area (Å²) in [6.45, 7) is 0. The molecule has 0 bridgehead atoms. The molecule has 0 aliphatic carbocycles. The molecule has 0 aliphatic rings. The van der Waals surface area contributed by atoms with Gasteiger partial charge in [0.1, 0.15) is 16.0 Å². The summed E-state index contributed by atoms with van der Waals surface area (Å²) in [7, 11) is 0. The number of rotatable bonds is 5. The van der Waals surface area contributed by atoms with Crippen molar-refractivity contribution in [3.8, 4) is 61.8 Å². The van der Waals surface area contributed by atoms with Gasteiger partial charge in [-0.2, -0.15) is 5.26 Å². The molecule has 0 fully saturated rings. The second-order valence-corrected chi connectivity index (χ2v) is 12.3. The molecule has 0 unspecified atom stereocenters. The number of thiazole rings is 1. The molecule has 9 rings (SSSR count). The summed E-state index contributed by atoms with van der Waals surface area (Å²) in [5.41, 5.74) is 11.8. The van der Waals surface area contributed by atoms with Crippen LogP contribution in [0, 0.1) is 11.3 Å². The minimum Gasteiger partial charge on any atom is -0.436 e. The number of hydrogen-bond acceptors (Lipinski definition) is 7. The number of benzene rings is 6. The van der Waals surface area contributed by atoms with Crippen LogP contribution in [-0.4, -0.2) is 15.0 Å². The van der Waals surface area contributed by atoms with E-state index in [1.54, 1.807) is 11.3 Å². The first-order valence-electron chi connectivity index (χ1n) is 15.1. The Morgan fingerprint density at radius 1 is 0.468 bits per heavy atom. The summed E-state index contributed by atoms with van der Waals surface area (Å²) in [5.74, 6) is 1.19. The Labute approximate surface area is 272 Å². The Balaban J connectivity index is 1.12. The predicted octanol–water partition coefficient (Wildman–Crippen LogP) is 10.8. The van der Waals surface area contributed by atoms with E-state index < -0.39 is 0 Å². The summed E-state index contributed by atoms with van der Waals surface area (Å²) in [5, 5.41) is 10.3. The lowest BCUT2D eigenvalue weighted by atomic mass is 9.95. The van der Waals surface area contributed by atoms with Gasteiger partial charge in [0.15, 0.2) is 11.2 Å². The van der Waals surface area contributed by atoms with E-state index in [9.17, 15) is 5.26 Å². The Kier molecular flexibility index (Phi) is 6.27. The molecule has 0 saturated carbocycles. The van der Waals surface area contributed by atoms with Gasteiger partial charge in [-0.25, -0.2) is 15.0 Å². The predicted molar refractivity (Wildman–Crippen MR) is 187 cm³/mol. The molecule has 0 atom stereocenters. The average Bonchev–Trinajstić information content (AvgIpc) is 3.88. The van der Waals surface area contributed by atoms with Crippen LogP contribution in [0.3, 0.4) is 0 Å². The maximum absolute atomic E-state index is 9.42. The highest BCUT2D eigenvalue weighted by Gasteiger charge is 2.14. The van der Waals surface area contributed by atoms with E-state index in [-0.39, 0.29) is 0 Å². The van der Waals surface area contributed by atoms with Crippen molar-refractivity contribution in [3.63, 3.8) is 0 Å². The van der Waals surface area contributed by atoms with Crippen LogP contribution in [0.2, 0.25) is 0 Å². The quantitative estimate of drug-likeness (QED) is 0.190. The molecule has 0 saturated heterocycles. The molecule has 220 valence electrons. The summed E-state index contributed by atoms with van der Waals surface area (Å²) in [6, 6.07) is 46.5. The molecule has 0 spiro atoms. The minimum absolute atomic E-state index is 0.595. The molecule has 0 aliphatic heterocycles. The number of aromatic nitrogens is 3. The smallest absolute Gasteiger partial charge is 0.227 e. The molecule has 0 radical (unpaired) electrons. The van der Waals surface area contributed by atoms with Crippen LogP contribution in [0.4, 0.5) is 0 Å². The summed E-state index contributed by atoms with van der Waals surface area (Å²) < 4.78 is 13.0. The second-order valence-electron chi connectivity index (χ2n) is 11.2. The molecular formula is C40H22N4O2S. The van der Waals surface area contributed by atoms with Gasteiger partial charge in [0.05, 0.1) is 21.8 Å².